The number of anilines is 1. The Hall–Kier alpha value is -2.80. The lowest BCUT2D eigenvalue weighted by atomic mass is 10.1. The molecule has 0 aliphatic rings. The van der Waals surface area contributed by atoms with Crippen LogP contribution in [-0.4, -0.2) is 39.0 Å². The summed E-state index contributed by atoms with van der Waals surface area (Å²) in [7, 11) is 0. The number of rotatable bonds is 8. The number of benzene rings is 2. The number of amides is 1. The van der Waals surface area contributed by atoms with Crippen LogP contribution >= 0.6 is 11.8 Å². The number of nitrogens with two attached hydrogens (primary N) is 1. The van der Waals surface area contributed by atoms with Crippen molar-refractivity contribution >= 4 is 23.4 Å². The second kappa shape index (κ2) is 8.93. The molecule has 28 heavy (non-hydrogen) atoms. The molecule has 0 aliphatic carbocycles. The summed E-state index contributed by atoms with van der Waals surface area (Å²) in [6.45, 7) is 7.99. The summed E-state index contributed by atoms with van der Waals surface area (Å²) in [4.78, 5) is 13.8. The van der Waals surface area contributed by atoms with Gasteiger partial charge in [-0.15, -0.1) is 10.2 Å². The van der Waals surface area contributed by atoms with Crippen molar-refractivity contribution < 1.29 is 4.79 Å². The van der Waals surface area contributed by atoms with Gasteiger partial charge in [-0.2, -0.15) is 0 Å². The Bertz CT molecular complexity index is 920. The number of hydrogen-bond acceptors (Lipinski definition) is 5. The zero-order valence-corrected chi connectivity index (χ0v) is 17.2. The highest BCUT2D eigenvalue weighted by Crippen LogP contribution is 2.30. The molecule has 1 heterocycles. The third-order valence-electron chi connectivity index (χ3n) is 4.58. The van der Waals surface area contributed by atoms with Crippen LogP contribution in [0.2, 0.25) is 0 Å². The van der Waals surface area contributed by atoms with Crippen LogP contribution in [0.4, 0.5) is 5.69 Å². The van der Waals surface area contributed by atoms with Crippen molar-refractivity contribution in [1.82, 2.24) is 14.8 Å². The number of aromatic nitrogens is 3. The van der Waals surface area contributed by atoms with Gasteiger partial charge in [-0.3, -0.25) is 9.36 Å². The largest absolute Gasteiger partial charge is 0.372 e. The summed E-state index contributed by atoms with van der Waals surface area (Å²) in [6, 6.07) is 18.2. The number of carbonyl (C=O) groups is 1. The molecule has 3 aromatic rings. The predicted molar refractivity (Wildman–Crippen MR) is 115 cm³/mol. The molecule has 2 N–H and O–H groups in total. The van der Waals surface area contributed by atoms with Gasteiger partial charge >= 0.3 is 0 Å². The number of primary amides is 1. The average molecular weight is 396 g/mol. The minimum atomic E-state index is -0.399. The van der Waals surface area contributed by atoms with Gasteiger partial charge in [0, 0.05) is 30.0 Å². The van der Waals surface area contributed by atoms with E-state index in [0.717, 1.165) is 30.2 Å². The Balaban J connectivity index is 2.03. The quantitative estimate of drug-likeness (QED) is 0.588. The van der Waals surface area contributed by atoms with Gasteiger partial charge in [0.15, 0.2) is 11.0 Å². The Labute approximate surface area is 169 Å². The summed E-state index contributed by atoms with van der Waals surface area (Å²) >= 11 is 1.31. The summed E-state index contributed by atoms with van der Waals surface area (Å²) < 4.78 is 1.97. The minimum absolute atomic E-state index is 0.377. The van der Waals surface area contributed by atoms with Crippen LogP contribution in [0.1, 0.15) is 20.8 Å². The smallest absolute Gasteiger partial charge is 0.230 e. The van der Waals surface area contributed by atoms with E-state index in [4.69, 9.17) is 5.73 Å². The highest BCUT2D eigenvalue weighted by molar-refractivity contribution is 8.00. The van der Waals surface area contributed by atoms with E-state index in [1.54, 1.807) is 6.92 Å². The van der Waals surface area contributed by atoms with Crippen LogP contribution in [0.15, 0.2) is 59.8 Å². The molecule has 146 valence electrons. The fourth-order valence-corrected chi connectivity index (χ4v) is 3.79. The molecule has 1 amide bonds. The molecule has 0 unspecified atom stereocenters. The van der Waals surface area contributed by atoms with E-state index in [0.29, 0.717) is 5.16 Å². The molecular weight excluding hydrogens is 370 g/mol. The minimum Gasteiger partial charge on any atom is -0.372 e. The van der Waals surface area contributed by atoms with E-state index in [-0.39, 0.29) is 5.91 Å². The van der Waals surface area contributed by atoms with Crippen LogP contribution in [0.5, 0.6) is 0 Å². The van der Waals surface area contributed by atoms with Gasteiger partial charge in [0.2, 0.25) is 5.91 Å². The lowest BCUT2D eigenvalue weighted by Gasteiger charge is -2.21. The SMILES string of the molecule is CCN(CC)c1ccc(-c2nnc(S[C@@H](C)C(N)=O)n2-c2ccccc2)cc1. The second-order valence-corrected chi connectivity index (χ2v) is 7.67. The van der Waals surface area contributed by atoms with Gasteiger partial charge < -0.3 is 10.6 Å². The molecule has 0 radical (unpaired) electrons. The first-order valence-electron chi connectivity index (χ1n) is 9.37. The topological polar surface area (TPSA) is 77.0 Å². The number of nitrogens with zero attached hydrogens (tertiary/aromatic N) is 4. The third kappa shape index (κ3) is 4.20. The third-order valence-corrected chi connectivity index (χ3v) is 5.65. The van der Waals surface area contributed by atoms with Crippen molar-refractivity contribution in [3.05, 3.63) is 54.6 Å². The maximum absolute atomic E-state index is 11.5. The van der Waals surface area contributed by atoms with Crippen LogP contribution in [-0.2, 0) is 4.79 Å². The van der Waals surface area contributed by atoms with E-state index in [2.05, 4.69) is 53.2 Å². The summed E-state index contributed by atoms with van der Waals surface area (Å²) in [5, 5.41) is 9.00. The zero-order valence-electron chi connectivity index (χ0n) is 16.4. The molecule has 0 saturated carbocycles. The van der Waals surface area contributed by atoms with Crippen LogP contribution in [0.25, 0.3) is 17.1 Å². The van der Waals surface area contributed by atoms with Gasteiger partial charge in [0.25, 0.3) is 0 Å². The highest BCUT2D eigenvalue weighted by Gasteiger charge is 2.20. The molecule has 0 aliphatic heterocycles. The van der Waals surface area contributed by atoms with Crippen molar-refractivity contribution in [3.63, 3.8) is 0 Å². The van der Waals surface area contributed by atoms with Gasteiger partial charge in [-0.1, -0.05) is 30.0 Å². The first-order chi connectivity index (χ1) is 13.5. The average Bonchev–Trinajstić information content (AvgIpc) is 3.13. The Morgan fingerprint density at radius 3 is 2.29 bits per heavy atom. The first kappa shape index (κ1) is 19.9. The predicted octanol–water partition coefficient (Wildman–Crippen LogP) is 3.75. The number of thioether (sulfide) groups is 1. The van der Waals surface area contributed by atoms with E-state index in [1.165, 1.54) is 17.4 Å². The molecule has 1 aromatic heterocycles. The number of para-hydroxylation sites is 1. The van der Waals surface area contributed by atoms with E-state index in [9.17, 15) is 4.79 Å². The summed E-state index contributed by atoms with van der Waals surface area (Å²) in [5.74, 6) is 0.356. The molecule has 2 aromatic carbocycles. The Morgan fingerprint density at radius 1 is 1.07 bits per heavy atom. The van der Waals surface area contributed by atoms with E-state index >= 15 is 0 Å². The molecule has 0 fully saturated rings. The number of hydrogen-bond donors (Lipinski definition) is 1. The summed E-state index contributed by atoms with van der Waals surface area (Å²) in [6.07, 6.45) is 0. The zero-order chi connectivity index (χ0) is 20.1. The van der Waals surface area contributed by atoms with Crippen molar-refractivity contribution in [3.8, 4) is 17.1 Å². The second-order valence-electron chi connectivity index (χ2n) is 6.36. The van der Waals surface area contributed by atoms with E-state index in [1.807, 2.05) is 34.9 Å². The lowest BCUT2D eigenvalue weighted by molar-refractivity contribution is -0.117. The molecular formula is C21H25N5OS. The first-order valence-corrected chi connectivity index (χ1v) is 10.2. The fraction of sp³-hybridized carbons (Fsp3) is 0.286. The molecule has 3 rings (SSSR count). The molecule has 0 saturated heterocycles. The lowest BCUT2D eigenvalue weighted by Crippen LogP contribution is -2.23. The van der Waals surface area contributed by atoms with Crippen molar-refractivity contribution in [2.45, 2.75) is 31.2 Å². The number of carbonyl (C=O) groups excluding carboxylic acids is 1. The molecule has 6 nitrogen and oxygen atoms in total. The summed E-state index contributed by atoms with van der Waals surface area (Å²) in [5.41, 5.74) is 8.52. The Morgan fingerprint density at radius 2 is 1.71 bits per heavy atom. The van der Waals surface area contributed by atoms with Gasteiger partial charge in [0.1, 0.15) is 0 Å². The van der Waals surface area contributed by atoms with Gasteiger partial charge in [0.05, 0.1) is 5.25 Å². The Kier molecular flexibility index (Phi) is 6.36. The van der Waals surface area contributed by atoms with E-state index < -0.39 is 5.25 Å². The van der Waals surface area contributed by atoms with Crippen LogP contribution in [0.3, 0.4) is 0 Å². The molecule has 0 spiro atoms. The standard InChI is InChI=1S/C21H25N5OS/c1-4-25(5-2)17-13-11-16(12-14-17)20-23-24-21(28-15(3)19(22)27)26(20)18-9-7-6-8-10-18/h6-15H,4-5H2,1-3H3,(H2,22,27)/t15-/m0/s1. The maximum atomic E-state index is 11.5. The van der Waals surface area contributed by atoms with Crippen LogP contribution in [0, 0.1) is 0 Å². The van der Waals surface area contributed by atoms with Crippen molar-refractivity contribution in [1.29, 1.82) is 0 Å². The normalized spacial score (nSPS) is 12.0. The van der Waals surface area contributed by atoms with Crippen molar-refractivity contribution in [2.75, 3.05) is 18.0 Å². The molecule has 0 bridgehead atoms. The van der Waals surface area contributed by atoms with Gasteiger partial charge in [-0.05, 0) is 57.2 Å². The van der Waals surface area contributed by atoms with Crippen molar-refractivity contribution in [2.24, 2.45) is 5.73 Å². The molecule has 1 atom stereocenters. The molecule has 7 heteroatoms. The highest BCUT2D eigenvalue weighted by atomic mass is 32.2. The fourth-order valence-electron chi connectivity index (χ4n) is 2.97. The maximum Gasteiger partial charge on any atom is 0.230 e. The van der Waals surface area contributed by atoms with Gasteiger partial charge in [-0.25, -0.2) is 0 Å². The monoisotopic (exact) mass is 395 g/mol. The van der Waals surface area contributed by atoms with Crippen LogP contribution < -0.4 is 10.6 Å².